The minimum absolute atomic E-state index is 0.311. The first-order valence-electron chi connectivity index (χ1n) is 6.43. The monoisotopic (exact) mass is 285 g/mol. The highest BCUT2D eigenvalue weighted by molar-refractivity contribution is 7.08. The van der Waals surface area contributed by atoms with Gasteiger partial charge in [-0.15, -0.1) is 0 Å². The molecule has 0 bridgehead atoms. The number of anilines is 1. The van der Waals surface area contributed by atoms with Crippen molar-refractivity contribution in [3.05, 3.63) is 52.5 Å². The average Bonchev–Trinajstić information content (AvgIpc) is 3.09. The van der Waals surface area contributed by atoms with Crippen LogP contribution in [-0.4, -0.2) is 10.1 Å². The minimum Gasteiger partial charge on any atom is -0.399 e. The Kier molecular flexibility index (Phi) is 3.52. The summed E-state index contributed by atoms with van der Waals surface area (Å²) in [6, 6.07) is 9.89. The van der Waals surface area contributed by atoms with E-state index in [0.717, 1.165) is 17.7 Å². The summed E-state index contributed by atoms with van der Waals surface area (Å²) in [6.45, 7) is 2.14. The van der Waals surface area contributed by atoms with Crippen molar-refractivity contribution in [2.24, 2.45) is 0 Å². The summed E-state index contributed by atoms with van der Waals surface area (Å²) < 4.78 is 5.32. The number of rotatable bonds is 4. The van der Waals surface area contributed by atoms with Crippen LogP contribution in [0, 0.1) is 0 Å². The van der Waals surface area contributed by atoms with Crippen LogP contribution >= 0.6 is 11.3 Å². The van der Waals surface area contributed by atoms with Crippen molar-refractivity contribution in [3.8, 4) is 11.4 Å². The Morgan fingerprint density at radius 3 is 2.75 bits per heavy atom. The summed E-state index contributed by atoms with van der Waals surface area (Å²) in [6.07, 6.45) is 0.723. The number of nitrogen functional groups attached to an aromatic ring is 1. The Hall–Kier alpha value is -2.14. The van der Waals surface area contributed by atoms with Gasteiger partial charge in [0, 0.05) is 23.1 Å². The number of hydrogen-bond acceptors (Lipinski definition) is 5. The van der Waals surface area contributed by atoms with Crippen molar-refractivity contribution in [1.82, 2.24) is 10.1 Å². The lowest BCUT2D eigenvalue weighted by atomic mass is 9.98. The molecule has 0 fully saturated rings. The van der Waals surface area contributed by atoms with Crippen molar-refractivity contribution in [2.75, 3.05) is 5.73 Å². The smallest absolute Gasteiger partial charge is 0.227 e. The van der Waals surface area contributed by atoms with E-state index in [1.165, 1.54) is 5.56 Å². The van der Waals surface area contributed by atoms with Gasteiger partial charge in [0.1, 0.15) is 0 Å². The van der Waals surface area contributed by atoms with Gasteiger partial charge in [-0.2, -0.15) is 16.3 Å². The van der Waals surface area contributed by atoms with Crippen LogP contribution < -0.4 is 5.73 Å². The molecule has 0 amide bonds. The predicted octanol–water partition coefficient (Wildman–Crippen LogP) is 3.73. The zero-order chi connectivity index (χ0) is 13.9. The van der Waals surface area contributed by atoms with E-state index in [-0.39, 0.29) is 0 Å². The molecule has 1 aromatic carbocycles. The van der Waals surface area contributed by atoms with Crippen LogP contribution in [0.3, 0.4) is 0 Å². The second-order valence-corrected chi connectivity index (χ2v) is 5.58. The Morgan fingerprint density at radius 2 is 2.05 bits per heavy atom. The zero-order valence-corrected chi connectivity index (χ0v) is 11.9. The first kappa shape index (κ1) is 12.9. The fourth-order valence-electron chi connectivity index (χ4n) is 2.05. The van der Waals surface area contributed by atoms with Gasteiger partial charge in [-0.1, -0.05) is 24.2 Å². The maximum absolute atomic E-state index is 5.70. The van der Waals surface area contributed by atoms with Gasteiger partial charge in [0.25, 0.3) is 0 Å². The molecule has 1 unspecified atom stereocenters. The molecule has 4 nitrogen and oxygen atoms in total. The van der Waals surface area contributed by atoms with Crippen LogP contribution in [0.25, 0.3) is 11.4 Å². The molecule has 2 heterocycles. The fraction of sp³-hybridized carbons (Fsp3) is 0.200. The molecule has 0 aliphatic heterocycles. The molecule has 0 radical (unpaired) electrons. The number of nitrogens with zero attached hydrogens (tertiary/aromatic N) is 2. The quantitative estimate of drug-likeness (QED) is 0.742. The Bertz CT molecular complexity index is 673. The topological polar surface area (TPSA) is 64.9 Å². The standard InChI is InChI=1S/C15H15N3OS/c1-10(11-2-4-13(16)5-3-11)8-14-17-15(18-19-14)12-6-7-20-9-12/h2-7,9-10H,8,16H2,1H3. The molecule has 2 N–H and O–H groups in total. The van der Waals surface area contributed by atoms with Crippen LogP contribution in [0.15, 0.2) is 45.6 Å². The van der Waals surface area contributed by atoms with Crippen molar-refractivity contribution in [2.45, 2.75) is 19.3 Å². The van der Waals surface area contributed by atoms with Gasteiger partial charge in [-0.25, -0.2) is 0 Å². The van der Waals surface area contributed by atoms with Crippen LogP contribution in [0.2, 0.25) is 0 Å². The van der Waals surface area contributed by atoms with E-state index in [1.807, 2.05) is 41.1 Å². The molecule has 102 valence electrons. The van der Waals surface area contributed by atoms with Gasteiger partial charge in [0.2, 0.25) is 11.7 Å². The Labute approximate surface area is 121 Å². The van der Waals surface area contributed by atoms with Gasteiger partial charge in [0.05, 0.1) is 0 Å². The number of aromatic nitrogens is 2. The number of nitrogens with two attached hydrogens (primary N) is 1. The largest absolute Gasteiger partial charge is 0.399 e. The van der Waals surface area contributed by atoms with Gasteiger partial charge < -0.3 is 10.3 Å². The Morgan fingerprint density at radius 1 is 1.25 bits per heavy atom. The molecule has 2 aromatic heterocycles. The van der Waals surface area contributed by atoms with E-state index in [9.17, 15) is 0 Å². The molecule has 1 atom stereocenters. The van der Waals surface area contributed by atoms with Crippen molar-refractivity contribution in [1.29, 1.82) is 0 Å². The highest BCUT2D eigenvalue weighted by Gasteiger charge is 2.13. The molecule has 0 aliphatic carbocycles. The third-order valence-corrected chi connectivity index (χ3v) is 3.92. The number of hydrogen-bond donors (Lipinski definition) is 1. The maximum Gasteiger partial charge on any atom is 0.227 e. The van der Waals surface area contributed by atoms with Gasteiger partial charge in [0.15, 0.2) is 0 Å². The molecule has 0 spiro atoms. The maximum atomic E-state index is 5.70. The Balaban J connectivity index is 1.73. The van der Waals surface area contributed by atoms with Crippen molar-refractivity contribution < 1.29 is 4.52 Å². The zero-order valence-electron chi connectivity index (χ0n) is 11.1. The highest BCUT2D eigenvalue weighted by Crippen LogP contribution is 2.23. The van der Waals surface area contributed by atoms with Gasteiger partial charge >= 0.3 is 0 Å². The molecule has 0 saturated heterocycles. The normalized spacial score (nSPS) is 12.4. The van der Waals surface area contributed by atoms with Crippen LogP contribution in [0.4, 0.5) is 5.69 Å². The lowest BCUT2D eigenvalue weighted by Crippen LogP contribution is -1.99. The SMILES string of the molecule is CC(Cc1nc(-c2ccsc2)no1)c1ccc(N)cc1. The summed E-state index contributed by atoms with van der Waals surface area (Å²) in [5.74, 6) is 1.63. The van der Waals surface area contributed by atoms with Crippen molar-refractivity contribution in [3.63, 3.8) is 0 Å². The van der Waals surface area contributed by atoms with Crippen LogP contribution in [0.5, 0.6) is 0 Å². The van der Waals surface area contributed by atoms with E-state index in [1.54, 1.807) is 11.3 Å². The minimum atomic E-state index is 0.311. The van der Waals surface area contributed by atoms with E-state index in [2.05, 4.69) is 17.1 Å². The molecule has 0 saturated carbocycles. The molecule has 20 heavy (non-hydrogen) atoms. The first-order chi connectivity index (χ1) is 9.72. The van der Waals surface area contributed by atoms with E-state index in [4.69, 9.17) is 10.3 Å². The molecular weight excluding hydrogens is 270 g/mol. The second-order valence-electron chi connectivity index (χ2n) is 4.80. The molecule has 3 aromatic rings. The molecule has 0 aliphatic rings. The summed E-state index contributed by atoms with van der Waals surface area (Å²) >= 11 is 1.62. The van der Waals surface area contributed by atoms with E-state index < -0.39 is 0 Å². The summed E-state index contributed by atoms with van der Waals surface area (Å²) in [5.41, 5.74) is 8.70. The lowest BCUT2D eigenvalue weighted by molar-refractivity contribution is 0.372. The third kappa shape index (κ3) is 2.72. The molecular formula is C15H15N3OS. The van der Waals surface area contributed by atoms with Gasteiger partial charge in [-0.05, 0) is 35.1 Å². The predicted molar refractivity (Wildman–Crippen MR) is 80.6 cm³/mol. The molecule has 5 heteroatoms. The average molecular weight is 285 g/mol. The highest BCUT2D eigenvalue weighted by atomic mass is 32.1. The lowest BCUT2D eigenvalue weighted by Gasteiger charge is -2.08. The van der Waals surface area contributed by atoms with Crippen LogP contribution in [0.1, 0.15) is 24.3 Å². The number of thiophene rings is 1. The summed E-state index contributed by atoms with van der Waals surface area (Å²) in [5, 5.41) is 8.03. The van der Waals surface area contributed by atoms with E-state index in [0.29, 0.717) is 17.6 Å². The van der Waals surface area contributed by atoms with E-state index >= 15 is 0 Å². The second kappa shape index (κ2) is 5.46. The molecule has 3 rings (SSSR count). The van der Waals surface area contributed by atoms with Gasteiger partial charge in [-0.3, -0.25) is 0 Å². The number of benzene rings is 1. The third-order valence-electron chi connectivity index (χ3n) is 3.23. The fourth-order valence-corrected chi connectivity index (χ4v) is 2.69. The first-order valence-corrected chi connectivity index (χ1v) is 7.37. The summed E-state index contributed by atoms with van der Waals surface area (Å²) in [4.78, 5) is 4.44. The summed E-state index contributed by atoms with van der Waals surface area (Å²) in [7, 11) is 0. The van der Waals surface area contributed by atoms with Crippen LogP contribution in [-0.2, 0) is 6.42 Å². The van der Waals surface area contributed by atoms with Crippen molar-refractivity contribution >= 4 is 17.0 Å².